The third kappa shape index (κ3) is 3.27. The summed E-state index contributed by atoms with van der Waals surface area (Å²) >= 11 is 0. The van der Waals surface area contributed by atoms with Crippen LogP contribution >= 0.6 is 0 Å². The summed E-state index contributed by atoms with van der Waals surface area (Å²) < 4.78 is 6.21. The summed E-state index contributed by atoms with van der Waals surface area (Å²) in [5.74, 6) is 0.866. The van der Waals surface area contributed by atoms with Crippen LogP contribution in [0, 0.1) is 5.41 Å². The Balaban J connectivity index is 1.56. The lowest BCUT2D eigenvalue weighted by atomic mass is 9.75. The van der Waals surface area contributed by atoms with E-state index < -0.39 is 0 Å². The van der Waals surface area contributed by atoms with Gasteiger partial charge in [-0.25, -0.2) is 0 Å². The number of rotatable bonds is 3. The molecule has 2 fully saturated rings. The Bertz CT molecular complexity index is 344. The molecule has 0 radical (unpaired) electrons. The van der Waals surface area contributed by atoms with Crippen molar-refractivity contribution in [3.63, 3.8) is 0 Å². The number of hydrogen-bond acceptors (Lipinski definition) is 4. The van der Waals surface area contributed by atoms with Crippen LogP contribution in [0.15, 0.2) is 5.16 Å². The van der Waals surface area contributed by atoms with Crippen LogP contribution in [0.25, 0.3) is 0 Å². The summed E-state index contributed by atoms with van der Waals surface area (Å²) in [6, 6.07) is 0. The van der Waals surface area contributed by atoms with Crippen molar-refractivity contribution in [2.75, 3.05) is 26.2 Å². The third-order valence-corrected chi connectivity index (χ3v) is 5.07. The fourth-order valence-electron chi connectivity index (χ4n) is 3.71. The first-order chi connectivity index (χ1) is 9.76. The van der Waals surface area contributed by atoms with Gasteiger partial charge >= 0.3 is 0 Å². The quantitative estimate of drug-likeness (QED) is 0.796. The minimum atomic E-state index is 0.110. The molecule has 2 aliphatic heterocycles. The smallest absolute Gasteiger partial charge is 0.232 e. The maximum atomic E-state index is 6.21. The van der Waals surface area contributed by atoms with E-state index >= 15 is 0 Å². The highest BCUT2D eigenvalue weighted by Gasteiger charge is 2.38. The second-order valence-electron chi connectivity index (χ2n) is 6.91. The molecule has 1 aliphatic carbocycles. The lowest BCUT2D eigenvalue weighted by molar-refractivity contribution is -0.0232. The molecule has 4 nitrogen and oxygen atoms in total. The molecule has 20 heavy (non-hydrogen) atoms. The Hall–Kier alpha value is -0.770. The Labute approximate surface area is 122 Å². The maximum Gasteiger partial charge on any atom is 0.232 e. The molecule has 4 heteroatoms. The highest BCUT2D eigenvalue weighted by Crippen LogP contribution is 2.38. The Kier molecular flexibility index (Phi) is 4.49. The maximum absolute atomic E-state index is 6.21. The van der Waals surface area contributed by atoms with Gasteiger partial charge in [0.2, 0.25) is 5.90 Å². The molecule has 1 atom stereocenters. The van der Waals surface area contributed by atoms with E-state index in [0.717, 1.165) is 12.4 Å². The number of oxime groups is 1. The van der Waals surface area contributed by atoms with Crippen molar-refractivity contribution < 1.29 is 9.57 Å². The van der Waals surface area contributed by atoms with Crippen molar-refractivity contribution in [1.29, 1.82) is 0 Å². The molecular formula is C16H28N2O2. The lowest BCUT2D eigenvalue weighted by Gasteiger charge is -2.38. The average Bonchev–Trinajstić information content (AvgIpc) is 2.49. The van der Waals surface area contributed by atoms with Crippen molar-refractivity contribution in [1.82, 2.24) is 4.90 Å². The van der Waals surface area contributed by atoms with Crippen LogP contribution in [0.3, 0.4) is 0 Å². The number of piperidine rings is 1. The largest absolute Gasteiger partial charge is 0.470 e. The zero-order chi connectivity index (χ0) is 13.8. The zero-order valence-electron chi connectivity index (χ0n) is 12.8. The summed E-state index contributed by atoms with van der Waals surface area (Å²) in [6.07, 6.45) is 10.5. The molecule has 1 saturated carbocycles. The fourth-order valence-corrected chi connectivity index (χ4v) is 3.71. The van der Waals surface area contributed by atoms with E-state index in [1.54, 1.807) is 0 Å². The molecule has 1 saturated heterocycles. The minimum absolute atomic E-state index is 0.110. The van der Waals surface area contributed by atoms with E-state index in [2.05, 4.69) is 17.0 Å². The number of nitrogens with zero attached hydrogens (tertiary/aromatic N) is 2. The first-order valence-corrected chi connectivity index (χ1v) is 8.36. The van der Waals surface area contributed by atoms with Gasteiger partial charge in [0.1, 0.15) is 6.10 Å². The third-order valence-electron chi connectivity index (χ3n) is 5.07. The highest BCUT2D eigenvalue weighted by atomic mass is 16.7. The van der Waals surface area contributed by atoms with Crippen molar-refractivity contribution in [3.05, 3.63) is 0 Å². The molecule has 0 aromatic carbocycles. The molecule has 3 rings (SSSR count). The molecule has 3 aliphatic rings. The van der Waals surface area contributed by atoms with Gasteiger partial charge in [0.15, 0.2) is 6.61 Å². The number of hydrogen-bond donors (Lipinski definition) is 0. The average molecular weight is 280 g/mol. The molecule has 0 amide bonds. The van der Waals surface area contributed by atoms with Crippen LogP contribution in [0.2, 0.25) is 0 Å². The van der Waals surface area contributed by atoms with Crippen LogP contribution in [0.5, 0.6) is 0 Å². The van der Waals surface area contributed by atoms with Gasteiger partial charge in [0.05, 0.1) is 0 Å². The van der Waals surface area contributed by atoms with Gasteiger partial charge in [0, 0.05) is 12.0 Å². The van der Waals surface area contributed by atoms with Crippen LogP contribution in [0.1, 0.15) is 58.3 Å². The Morgan fingerprint density at radius 1 is 1.10 bits per heavy atom. The molecule has 114 valence electrons. The molecule has 0 spiro atoms. The molecule has 0 unspecified atom stereocenters. The summed E-state index contributed by atoms with van der Waals surface area (Å²) in [7, 11) is 0. The van der Waals surface area contributed by atoms with Crippen LogP contribution < -0.4 is 0 Å². The normalized spacial score (nSPS) is 31.1. The molecule has 0 aromatic rings. The summed E-state index contributed by atoms with van der Waals surface area (Å²) in [5, 5.41) is 4.24. The van der Waals surface area contributed by atoms with Gasteiger partial charge in [0.25, 0.3) is 0 Å². The fraction of sp³-hybridized carbons (Fsp3) is 0.938. The molecular weight excluding hydrogens is 252 g/mol. The van der Waals surface area contributed by atoms with E-state index in [4.69, 9.17) is 9.57 Å². The van der Waals surface area contributed by atoms with Gasteiger partial charge in [-0.05, 0) is 38.8 Å². The number of ether oxygens (including phenoxy) is 1. The topological polar surface area (TPSA) is 34.1 Å². The van der Waals surface area contributed by atoms with Crippen molar-refractivity contribution in [2.45, 2.75) is 64.4 Å². The standard InChI is InChI=1S/C16H28N2O2/c1-16(8-4-2-5-9-16)15-17-19-13-14(20-15)12-18-10-6-3-7-11-18/h14H,2-13H2,1H3/t14-/m1/s1. The van der Waals surface area contributed by atoms with Gasteiger partial charge in [-0.2, -0.15) is 0 Å². The molecule has 0 aromatic heterocycles. The monoisotopic (exact) mass is 280 g/mol. The first-order valence-electron chi connectivity index (χ1n) is 8.36. The molecule has 0 N–H and O–H groups in total. The van der Waals surface area contributed by atoms with Crippen molar-refractivity contribution in [2.24, 2.45) is 10.6 Å². The van der Waals surface area contributed by atoms with Gasteiger partial charge < -0.3 is 9.57 Å². The summed E-state index contributed by atoms with van der Waals surface area (Å²) in [5.41, 5.74) is 0.110. The van der Waals surface area contributed by atoms with Crippen molar-refractivity contribution >= 4 is 5.90 Å². The zero-order valence-corrected chi connectivity index (χ0v) is 12.8. The second kappa shape index (κ2) is 6.33. The Morgan fingerprint density at radius 3 is 2.55 bits per heavy atom. The van der Waals surface area contributed by atoms with E-state index in [9.17, 15) is 0 Å². The second-order valence-corrected chi connectivity index (χ2v) is 6.91. The molecule has 2 heterocycles. The predicted octanol–water partition coefficient (Wildman–Crippen LogP) is 3.17. The molecule has 0 bridgehead atoms. The SMILES string of the molecule is CC1(C2=NOC[C@@H](CN3CCCCC3)O2)CCCCC1. The lowest BCUT2D eigenvalue weighted by Crippen LogP contribution is -2.45. The highest BCUT2D eigenvalue weighted by molar-refractivity contribution is 5.82. The van der Waals surface area contributed by atoms with Gasteiger partial charge in [-0.1, -0.05) is 37.8 Å². The first kappa shape index (κ1) is 14.2. The van der Waals surface area contributed by atoms with E-state index in [0.29, 0.717) is 6.61 Å². The predicted molar refractivity (Wildman–Crippen MR) is 79.7 cm³/mol. The Morgan fingerprint density at radius 2 is 1.80 bits per heavy atom. The minimum Gasteiger partial charge on any atom is -0.470 e. The van der Waals surface area contributed by atoms with E-state index in [-0.39, 0.29) is 11.5 Å². The van der Waals surface area contributed by atoms with E-state index in [1.807, 2.05) is 0 Å². The summed E-state index contributed by atoms with van der Waals surface area (Å²) in [4.78, 5) is 8.01. The van der Waals surface area contributed by atoms with Crippen LogP contribution in [-0.4, -0.2) is 43.1 Å². The van der Waals surface area contributed by atoms with Crippen LogP contribution in [0.4, 0.5) is 0 Å². The van der Waals surface area contributed by atoms with Gasteiger partial charge in [-0.3, -0.25) is 4.90 Å². The van der Waals surface area contributed by atoms with E-state index in [1.165, 1.54) is 64.5 Å². The van der Waals surface area contributed by atoms with Crippen molar-refractivity contribution in [3.8, 4) is 0 Å². The van der Waals surface area contributed by atoms with Crippen LogP contribution in [-0.2, 0) is 9.57 Å². The summed E-state index contributed by atoms with van der Waals surface area (Å²) in [6.45, 7) is 6.32. The van der Waals surface area contributed by atoms with Gasteiger partial charge in [-0.15, -0.1) is 0 Å². The number of likely N-dealkylation sites (tertiary alicyclic amines) is 1.